The Balaban J connectivity index is 1.72. The molecule has 0 spiro atoms. The average molecular weight is 437 g/mol. The van der Waals surface area contributed by atoms with E-state index in [0.717, 1.165) is 16.9 Å². The Hall–Kier alpha value is -2.09. The fraction of sp³-hybridized carbons (Fsp3) is 0.381. The van der Waals surface area contributed by atoms with Crippen molar-refractivity contribution in [3.63, 3.8) is 0 Å². The molecule has 0 aromatic heterocycles. The molecule has 0 bridgehead atoms. The lowest BCUT2D eigenvalue weighted by Crippen LogP contribution is -2.41. The lowest BCUT2D eigenvalue weighted by molar-refractivity contribution is -0.117. The second-order valence-corrected chi connectivity index (χ2v) is 9.96. The third kappa shape index (κ3) is 5.95. The smallest absolute Gasteiger partial charge is 0.238 e. The minimum Gasteiger partial charge on any atom is -0.497 e. The van der Waals surface area contributed by atoms with Gasteiger partial charge in [-0.15, -0.1) is 0 Å². The van der Waals surface area contributed by atoms with Gasteiger partial charge in [0.05, 0.1) is 25.2 Å². The fourth-order valence-corrected chi connectivity index (χ4v) is 5.34. The summed E-state index contributed by atoms with van der Waals surface area (Å²) in [4.78, 5) is 14.6. The van der Waals surface area contributed by atoms with Gasteiger partial charge in [-0.2, -0.15) is 0 Å². The number of methoxy groups -OCH3 is 1. The molecule has 1 unspecified atom stereocenters. The molecule has 2 aromatic rings. The Bertz CT molecular complexity index is 977. The van der Waals surface area contributed by atoms with Crippen molar-refractivity contribution in [1.29, 1.82) is 0 Å². The number of rotatable bonds is 7. The van der Waals surface area contributed by atoms with Crippen LogP contribution in [0.5, 0.6) is 5.75 Å². The van der Waals surface area contributed by atoms with Gasteiger partial charge in [0.15, 0.2) is 9.84 Å². The number of nitrogens with one attached hydrogen (secondary N) is 1. The van der Waals surface area contributed by atoms with Crippen LogP contribution in [-0.4, -0.2) is 50.4 Å². The largest absolute Gasteiger partial charge is 0.497 e. The van der Waals surface area contributed by atoms with Crippen LogP contribution in [0.4, 0.5) is 5.69 Å². The zero-order valence-electron chi connectivity index (χ0n) is 16.5. The Morgan fingerprint density at radius 1 is 1.24 bits per heavy atom. The molecule has 1 fully saturated rings. The number of ether oxygens (including phenoxy) is 1. The van der Waals surface area contributed by atoms with E-state index in [1.807, 2.05) is 42.2 Å². The normalized spacial score (nSPS) is 18.0. The highest BCUT2D eigenvalue weighted by atomic mass is 35.5. The van der Waals surface area contributed by atoms with Crippen LogP contribution in [0.1, 0.15) is 17.5 Å². The summed E-state index contributed by atoms with van der Waals surface area (Å²) < 4.78 is 29.1. The number of nitrogens with zero attached hydrogens (tertiary/aromatic N) is 1. The van der Waals surface area contributed by atoms with E-state index < -0.39 is 9.84 Å². The van der Waals surface area contributed by atoms with Crippen molar-refractivity contribution in [2.75, 3.05) is 30.5 Å². The average Bonchev–Trinajstić information content (AvgIpc) is 3.04. The topological polar surface area (TPSA) is 75.7 Å². The van der Waals surface area contributed by atoms with E-state index >= 15 is 0 Å². The van der Waals surface area contributed by atoms with Crippen LogP contribution in [-0.2, 0) is 21.2 Å². The molecule has 0 saturated carbocycles. The second-order valence-electron chi connectivity index (χ2n) is 7.32. The van der Waals surface area contributed by atoms with Crippen molar-refractivity contribution < 1.29 is 17.9 Å². The van der Waals surface area contributed by atoms with Crippen LogP contribution in [0.15, 0.2) is 42.5 Å². The van der Waals surface area contributed by atoms with Crippen molar-refractivity contribution in [3.8, 4) is 5.75 Å². The van der Waals surface area contributed by atoms with Gasteiger partial charge < -0.3 is 10.1 Å². The first kappa shape index (κ1) is 21.6. The molecule has 1 aliphatic heterocycles. The van der Waals surface area contributed by atoms with Crippen LogP contribution >= 0.6 is 11.6 Å². The Morgan fingerprint density at radius 2 is 1.97 bits per heavy atom. The summed E-state index contributed by atoms with van der Waals surface area (Å²) in [6.45, 7) is 2.47. The van der Waals surface area contributed by atoms with Crippen LogP contribution in [0.3, 0.4) is 0 Å². The fourth-order valence-electron chi connectivity index (χ4n) is 3.40. The van der Waals surface area contributed by atoms with Gasteiger partial charge in [0.1, 0.15) is 5.75 Å². The third-order valence-corrected chi connectivity index (χ3v) is 7.23. The van der Waals surface area contributed by atoms with E-state index in [1.165, 1.54) is 0 Å². The molecule has 0 radical (unpaired) electrons. The number of benzene rings is 2. The first-order chi connectivity index (χ1) is 13.8. The van der Waals surface area contributed by atoms with Crippen molar-refractivity contribution >= 4 is 33.0 Å². The van der Waals surface area contributed by atoms with Gasteiger partial charge in [0.25, 0.3) is 0 Å². The minimum absolute atomic E-state index is 0.0762. The van der Waals surface area contributed by atoms with Gasteiger partial charge in [-0.3, -0.25) is 9.69 Å². The highest BCUT2D eigenvalue weighted by Gasteiger charge is 2.33. The zero-order chi connectivity index (χ0) is 21.0. The molecule has 1 amide bonds. The van der Waals surface area contributed by atoms with E-state index in [1.54, 1.807) is 19.2 Å². The standard InChI is InChI=1S/C21H25ClN2O4S/c1-15-3-6-17(11-20(15)22)23-21(25)13-24(18-9-10-29(26,27)14-18)12-16-4-7-19(28-2)8-5-16/h3-8,11,18H,9-10,12-14H2,1-2H3,(H,23,25). The van der Waals surface area contributed by atoms with Crippen LogP contribution in [0, 0.1) is 6.92 Å². The number of carbonyl (C=O) groups is 1. The highest BCUT2D eigenvalue weighted by Crippen LogP contribution is 2.22. The number of hydrogen-bond acceptors (Lipinski definition) is 5. The maximum atomic E-state index is 12.7. The summed E-state index contributed by atoms with van der Waals surface area (Å²) in [6, 6.07) is 12.7. The van der Waals surface area contributed by atoms with Gasteiger partial charge in [-0.1, -0.05) is 29.8 Å². The van der Waals surface area contributed by atoms with E-state index in [-0.39, 0.29) is 30.0 Å². The lowest BCUT2D eigenvalue weighted by Gasteiger charge is -2.27. The molecule has 2 aromatic carbocycles. The second kappa shape index (κ2) is 9.15. The van der Waals surface area contributed by atoms with Gasteiger partial charge in [0.2, 0.25) is 5.91 Å². The first-order valence-electron chi connectivity index (χ1n) is 9.39. The van der Waals surface area contributed by atoms with E-state index in [2.05, 4.69) is 5.32 Å². The van der Waals surface area contributed by atoms with Crippen molar-refractivity contribution in [2.45, 2.75) is 25.9 Å². The quantitative estimate of drug-likeness (QED) is 0.720. The van der Waals surface area contributed by atoms with Crippen molar-refractivity contribution in [2.24, 2.45) is 0 Å². The number of sulfone groups is 1. The summed E-state index contributed by atoms with van der Waals surface area (Å²) in [5.41, 5.74) is 2.54. The maximum Gasteiger partial charge on any atom is 0.238 e. The Kier molecular flexibility index (Phi) is 6.82. The Morgan fingerprint density at radius 3 is 2.55 bits per heavy atom. The molecule has 0 aliphatic carbocycles. The number of aryl methyl sites for hydroxylation is 1. The van der Waals surface area contributed by atoms with Crippen molar-refractivity contribution in [1.82, 2.24) is 4.90 Å². The van der Waals surface area contributed by atoms with Gasteiger partial charge >= 0.3 is 0 Å². The van der Waals surface area contributed by atoms with Crippen molar-refractivity contribution in [3.05, 3.63) is 58.6 Å². The highest BCUT2D eigenvalue weighted by molar-refractivity contribution is 7.91. The van der Waals surface area contributed by atoms with E-state index in [9.17, 15) is 13.2 Å². The summed E-state index contributed by atoms with van der Waals surface area (Å²) in [5.74, 6) is 0.777. The van der Waals surface area contributed by atoms with E-state index in [4.69, 9.17) is 16.3 Å². The number of hydrogen-bond donors (Lipinski definition) is 1. The SMILES string of the molecule is COc1ccc(CN(CC(=O)Nc2ccc(C)c(Cl)c2)C2CCS(=O)(=O)C2)cc1. The van der Waals surface area contributed by atoms with E-state index in [0.29, 0.717) is 23.7 Å². The molecular formula is C21H25ClN2O4S. The molecule has 1 saturated heterocycles. The number of carbonyl (C=O) groups excluding carboxylic acids is 1. The maximum absolute atomic E-state index is 12.7. The summed E-state index contributed by atoms with van der Waals surface area (Å²) in [6.07, 6.45) is 0.530. The zero-order valence-corrected chi connectivity index (χ0v) is 18.1. The first-order valence-corrected chi connectivity index (χ1v) is 11.6. The molecule has 3 rings (SSSR count). The van der Waals surface area contributed by atoms with Crippen LogP contribution in [0.2, 0.25) is 5.02 Å². The predicted octanol–water partition coefficient (Wildman–Crippen LogP) is 3.28. The number of halogens is 1. The summed E-state index contributed by atoms with van der Waals surface area (Å²) in [7, 11) is -1.46. The molecule has 8 heteroatoms. The van der Waals surface area contributed by atoms with Gasteiger partial charge in [-0.25, -0.2) is 8.42 Å². The van der Waals surface area contributed by atoms with Crippen LogP contribution < -0.4 is 10.1 Å². The molecule has 1 heterocycles. The lowest BCUT2D eigenvalue weighted by atomic mass is 10.1. The third-order valence-electron chi connectivity index (χ3n) is 5.07. The Labute approximate surface area is 176 Å². The van der Waals surface area contributed by atoms with Crippen LogP contribution in [0.25, 0.3) is 0 Å². The molecular weight excluding hydrogens is 412 g/mol. The molecule has 156 valence electrons. The molecule has 1 aliphatic rings. The van der Waals surface area contributed by atoms with Gasteiger partial charge in [0, 0.05) is 23.3 Å². The molecule has 29 heavy (non-hydrogen) atoms. The van der Waals surface area contributed by atoms with Gasteiger partial charge in [-0.05, 0) is 48.7 Å². The molecule has 6 nitrogen and oxygen atoms in total. The number of amides is 1. The minimum atomic E-state index is -3.06. The molecule has 1 N–H and O–H groups in total. The summed E-state index contributed by atoms with van der Waals surface area (Å²) in [5, 5.41) is 3.44. The number of anilines is 1. The molecule has 1 atom stereocenters. The summed E-state index contributed by atoms with van der Waals surface area (Å²) >= 11 is 6.13. The monoisotopic (exact) mass is 436 g/mol. The predicted molar refractivity (Wildman–Crippen MR) is 115 cm³/mol.